The van der Waals surface area contributed by atoms with E-state index in [2.05, 4.69) is 0 Å². The van der Waals surface area contributed by atoms with Crippen molar-refractivity contribution < 1.29 is 13.9 Å². The summed E-state index contributed by atoms with van der Waals surface area (Å²) >= 11 is 1.52. The van der Waals surface area contributed by atoms with E-state index in [0.717, 1.165) is 18.6 Å². The second-order valence-corrected chi connectivity index (χ2v) is 5.22. The molecule has 0 aromatic carbocycles. The highest BCUT2D eigenvalue weighted by Gasteiger charge is 2.07. The maximum absolute atomic E-state index is 13.1. The van der Waals surface area contributed by atoms with Crippen LogP contribution in [0.5, 0.6) is 0 Å². The van der Waals surface area contributed by atoms with Crippen LogP contribution in [0, 0.1) is 0 Å². The molecule has 0 saturated carbocycles. The van der Waals surface area contributed by atoms with Crippen molar-refractivity contribution >= 4 is 17.7 Å². The lowest BCUT2D eigenvalue weighted by Crippen LogP contribution is -2.13. The minimum atomic E-state index is -0.673. The van der Waals surface area contributed by atoms with Crippen LogP contribution >= 0.6 is 11.8 Å². The molecule has 0 N–H and O–H groups in total. The van der Waals surface area contributed by atoms with Gasteiger partial charge in [0.25, 0.3) is 0 Å². The van der Waals surface area contributed by atoms with Gasteiger partial charge in [-0.15, -0.1) is 0 Å². The van der Waals surface area contributed by atoms with Gasteiger partial charge >= 0.3 is 5.97 Å². The first kappa shape index (κ1) is 15.8. The molecule has 0 aliphatic heterocycles. The van der Waals surface area contributed by atoms with E-state index in [0.29, 0.717) is 18.6 Å². The van der Waals surface area contributed by atoms with Gasteiger partial charge in [-0.1, -0.05) is 13.3 Å². The number of hydrogen-bond donors (Lipinski definition) is 0. The van der Waals surface area contributed by atoms with E-state index >= 15 is 0 Å². The minimum Gasteiger partial charge on any atom is -0.462 e. The average Bonchev–Trinajstić information content (AvgIpc) is 2.16. The molecular formula is C12H23FO2S. The summed E-state index contributed by atoms with van der Waals surface area (Å²) in [5.74, 6) is 1.03. The molecule has 0 radical (unpaired) electrons. The summed E-state index contributed by atoms with van der Waals surface area (Å²) < 4.78 is 18.0. The normalized spacial score (nSPS) is 12.8. The van der Waals surface area contributed by atoms with Gasteiger partial charge in [-0.3, -0.25) is 4.79 Å². The van der Waals surface area contributed by atoms with E-state index in [4.69, 9.17) is 4.74 Å². The number of esters is 1. The monoisotopic (exact) mass is 250 g/mol. The van der Waals surface area contributed by atoms with Gasteiger partial charge in [0.2, 0.25) is 0 Å². The minimum absolute atomic E-state index is 0.0483. The fourth-order valence-corrected chi connectivity index (χ4v) is 2.07. The van der Waals surface area contributed by atoms with E-state index < -0.39 is 6.17 Å². The number of ether oxygens (including phenoxy) is 1. The van der Waals surface area contributed by atoms with Crippen molar-refractivity contribution in [3.8, 4) is 0 Å². The largest absolute Gasteiger partial charge is 0.462 e. The van der Waals surface area contributed by atoms with Crippen molar-refractivity contribution in [1.82, 2.24) is 0 Å². The van der Waals surface area contributed by atoms with Gasteiger partial charge in [-0.25, -0.2) is 4.39 Å². The van der Waals surface area contributed by atoms with Crippen LogP contribution in [0.25, 0.3) is 0 Å². The van der Waals surface area contributed by atoms with Gasteiger partial charge in [0.15, 0.2) is 0 Å². The Hall–Kier alpha value is -0.250. The smallest absolute Gasteiger partial charge is 0.316 e. The highest BCUT2D eigenvalue weighted by atomic mass is 32.2. The van der Waals surface area contributed by atoms with Crippen molar-refractivity contribution in [1.29, 1.82) is 0 Å². The Kier molecular flexibility index (Phi) is 9.78. The molecule has 0 heterocycles. The summed E-state index contributed by atoms with van der Waals surface area (Å²) in [4.78, 5) is 11.1. The van der Waals surface area contributed by atoms with Crippen LogP contribution in [0.4, 0.5) is 4.39 Å². The summed E-state index contributed by atoms with van der Waals surface area (Å²) in [5, 5.41) is 0. The number of carbonyl (C=O) groups excluding carboxylic acids is 1. The summed E-state index contributed by atoms with van der Waals surface area (Å²) in [7, 11) is 0. The second kappa shape index (κ2) is 9.94. The van der Waals surface area contributed by atoms with E-state index in [1.807, 2.05) is 20.8 Å². The zero-order chi connectivity index (χ0) is 12.4. The molecule has 2 nitrogen and oxygen atoms in total. The molecule has 1 atom stereocenters. The number of thioether (sulfide) groups is 1. The summed E-state index contributed by atoms with van der Waals surface area (Å²) in [6.45, 7) is 5.66. The predicted molar refractivity (Wildman–Crippen MR) is 67.6 cm³/mol. The van der Waals surface area contributed by atoms with E-state index in [-0.39, 0.29) is 12.1 Å². The standard InChI is InChI=1S/C12H23FO2S/c1-4-6-11(13)7-5-8-16-9-12(14)15-10(2)3/h10-11H,4-9H2,1-3H3. The number of carbonyl (C=O) groups is 1. The van der Waals surface area contributed by atoms with Crippen molar-refractivity contribution in [2.24, 2.45) is 0 Å². The Balaban J connectivity index is 3.29. The van der Waals surface area contributed by atoms with E-state index in [1.54, 1.807) is 0 Å². The molecule has 0 aliphatic rings. The van der Waals surface area contributed by atoms with Crippen molar-refractivity contribution in [3.05, 3.63) is 0 Å². The van der Waals surface area contributed by atoms with Crippen LogP contribution in [0.15, 0.2) is 0 Å². The maximum Gasteiger partial charge on any atom is 0.316 e. The SMILES string of the molecule is CCCC(F)CCCSCC(=O)OC(C)C. The fourth-order valence-electron chi connectivity index (χ4n) is 1.32. The Morgan fingerprint density at radius 1 is 1.38 bits per heavy atom. The fraction of sp³-hybridized carbons (Fsp3) is 0.917. The topological polar surface area (TPSA) is 26.3 Å². The first-order chi connectivity index (χ1) is 7.56. The molecule has 16 heavy (non-hydrogen) atoms. The Bertz CT molecular complexity index is 186. The van der Waals surface area contributed by atoms with Gasteiger partial charge in [-0.05, 0) is 38.9 Å². The molecule has 0 rings (SSSR count). The lowest BCUT2D eigenvalue weighted by atomic mass is 10.1. The van der Waals surface area contributed by atoms with Gasteiger partial charge < -0.3 is 4.74 Å². The van der Waals surface area contributed by atoms with E-state index in [9.17, 15) is 9.18 Å². The van der Waals surface area contributed by atoms with Crippen LogP contribution in [-0.2, 0) is 9.53 Å². The summed E-state index contributed by atoms with van der Waals surface area (Å²) in [6, 6.07) is 0. The molecule has 0 amide bonds. The average molecular weight is 250 g/mol. The highest BCUT2D eigenvalue weighted by Crippen LogP contribution is 2.12. The maximum atomic E-state index is 13.1. The Labute approximate surface area is 102 Å². The summed E-state index contributed by atoms with van der Waals surface area (Å²) in [6.07, 6.45) is 2.27. The van der Waals surface area contributed by atoms with Gasteiger partial charge in [0.1, 0.15) is 6.17 Å². The zero-order valence-corrected chi connectivity index (χ0v) is 11.3. The van der Waals surface area contributed by atoms with Crippen LogP contribution < -0.4 is 0 Å². The highest BCUT2D eigenvalue weighted by molar-refractivity contribution is 7.99. The number of alkyl halides is 1. The van der Waals surface area contributed by atoms with Gasteiger partial charge in [0, 0.05) is 0 Å². The van der Waals surface area contributed by atoms with Gasteiger partial charge in [0.05, 0.1) is 11.9 Å². The third kappa shape index (κ3) is 10.3. The molecule has 4 heteroatoms. The van der Waals surface area contributed by atoms with Crippen LogP contribution in [0.3, 0.4) is 0 Å². The van der Waals surface area contributed by atoms with Crippen molar-refractivity contribution in [3.63, 3.8) is 0 Å². The quantitative estimate of drug-likeness (QED) is 0.462. The first-order valence-corrected chi connectivity index (χ1v) is 7.13. The second-order valence-electron chi connectivity index (χ2n) is 4.12. The molecule has 0 aliphatic carbocycles. The number of halogens is 1. The summed E-state index contributed by atoms with van der Waals surface area (Å²) in [5.41, 5.74) is 0. The zero-order valence-electron chi connectivity index (χ0n) is 10.5. The number of rotatable bonds is 9. The third-order valence-electron chi connectivity index (χ3n) is 2.00. The molecule has 1 unspecified atom stereocenters. The Morgan fingerprint density at radius 2 is 2.06 bits per heavy atom. The third-order valence-corrected chi connectivity index (χ3v) is 3.01. The lowest BCUT2D eigenvalue weighted by molar-refractivity contribution is -0.144. The lowest BCUT2D eigenvalue weighted by Gasteiger charge is -2.08. The first-order valence-electron chi connectivity index (χ1n) is 5.97. The van der Waals surface area contributed by atoms with Crippen molar-refractivity contribution in [2.45, 2.75) is 58.7 Å². The van der Waals surface area contributed by atoms with Crippen LogP contribution in [0.2, 0.25) is 0 Å². The predicted octanol–water partition coefficient (Wildman–Crippen LogP) is 3.59. The number of hydrogen-bond acceptors (Lipinski definition) is 3. The molecule has 0 aromatic heterocycles. The molecule has 0 aromatic rings. The van der Waals surface area contributed by atoms with Crippen LogP contribution in [-0.4, -0.2) is 29.8 Å². The Morgan fingerprint density at radius 3 is 2.62 bits per heavy atom. The molecule has 0 fully saturated rings. The molecular weight excluding hydrogens is 227 g/mol. The molecule has 0 saturated heterocycles. The molecule has 96 valence electrons. The van der Waals surface area contributed by atoms with E-state index in [1.165, 1.54) is 11.8 Å². The molecule has 0 bridgehead atoms. The van der Waals surface area contributed by atoms with Crippen LogP contribution in [0.1, 0.15) is 46.5 Å². The van der Waals surface area contributed by atoms with Crippen molar-refractivity contribution in [2.75, 3.05) is 11.5 Å². The van der Waals surface area contributed by atoms with Gasteiger partial charge in [-0.2, -0.15) is 11.8 Å². The molecule has 0 spiro atoms.